The van der Waals surface area contributed by atoms with Crippen molar-refractivity contribution in [3.8, 4) is 17.3 Å². The van der Waals surface area contributed by atoms with Crippen molar-refractivity contribution >= 4 is 27.6 Å². The van der Waals surface area contributed by atoms with Crippen molar-refractivity contribution in [2.75, 3.05) is 37.7 Å². The number of nitrogens with one attached hydrogen (secondary N) is 2. The molecule has 0 aliphatic carbocycles. The number of anilines is 1. The molecular formula is C29H30F4N8O. The summed E-state index contributed by atoms with van der Waals surface area (Å²) < 4.78 is 65.3. The van der Waals surface area contributed by atoms with Gasteiger partial charge in [0.15, 0.2) is 5.82 Å². The first-order chi connectivity index (χ1) is 20.3. The molecule has 2 unspecified atom stereocenters. The Kier molecular flexibility index (Phi) is 5.88. The van der Waals surface area contributed by atoms with Gasteiger partial charge in [0, 0.05) is 42.3 Å². The predicted molar refractivity (Wildman–Crippen MR) is 148 cm³/mol. The third-order valence-electron chi connectivity index (χ3n) is 9.61. The molecule has 7 heterocycles. The Labute approximate surface area is 238 Å². The summed E-state index contributed by atoms with van der Waals surface area (Å²) in [6.07, 6.45) is 4.24. The Morgan fingerprint density at radius 3 is 2.50 bits per heavy atom. The number of alkyl halides is 3. The van der Waals surface area contributed by atoms with Crippen molar-refractivity contribution in [2.24, 2.45) is 0 Å². The van der Waals surface area contributed by atoms with E-state index in [4.69, 9.17) is 9.72 Å². The van der Waals surface area contributed by atoms with Crippen LogP contribution in [0.25, 0.3) is 33.1 Å². The molecule has 2 atom stereocenters. The van der Waals surface area contributed by atoms with E-state index in [-0.39, 0.29) is 40.1 Å². The van der Waals surface area contributed by atoms with Crippen LogP contribution in [0.3, 0.4) is 0 Å². The molecule has 4 saturated heterocycles. The average Bonchev–Trinajstić information content (AvgIpc) is 3.75. The summed E-state index contributed by atoms with van der Waals surface area (Å²) in [5.41, 5.74) is -1.64. The number of pyridine rings is 1. The summed E-state index contributed by atoms with van der Waals surface area (Å²) in [6, 6.07) is 2.81. The van der Waals surface area contributed by atoms with Gasteiger partial charge in [0.1, 0.15) is 23.6 Å². The highest BCUT2D eigenvalue weighted by Crippen LogP contribution is 2.43. The standard InChI is InChI=1S/C29H30F4N8O/c30-23-24-19(11-34-25(23)22-18-12-35-39-21(18)6-5-20(22)29(31,32)33)26(40-13-16-3-4-17(14-40)36-16)38-27(37-24)42-15-28-7-1-9-41(28)10-2-8-28/h5-6,11-12,16-17,36H,1-4,7-10,13-15H2,(H,35,39). The highest BCUT2D eigenvalue weighted by atomic mass is 19.4. The van der Waals surface area contributed by atoms with Crippen molar-refractivity contribution in [1.29, 1.82) is 0 Å². The maximum Gasteiger partial charge on any atom is 0.417 e. The van der Waals surface area contributed by atoms with Crippen LogP contribution >= 0.6 is 0 Å². The number of benzene rings is 1. The topological polar surface area (TPSA) is 95.1 Å². The molecule has 3 aromatic heterocycles. The summed E-state index contributed by atoms with van der Waals surface area (Å²) in [7, 11) is 0. The highest BCUT2D eigenvalue weighted by molar-refractivity contribution is 5.99. The van der Waals surface area contributed by atoms with Crippen LogP contribution in [0.4, 0.5) is 23.4 Å². The molecule has 0 spiro atoms. The number of aromatic nitrogens is 5. The van der Waals surface area contributed by atoms with Crippen LogP contribution in [-0.2, 0) is 6.18 Å². The minimum atomic E-state index is -4.73. The molecule has 4 aromatic rings. The van der Waals surface area contributed by atoms with E-state index in [1.807, 2.05) is 0 Å². The van der Waals surface area contributed by atoms with Gasteiger partial charge in [-0.05, 0) is 63.7 Å². The fourth-order valence-corrected chi connectivity index (χ4v) is 7.64. The summed E-state index contributed by atoms with van der Waals surface area (Å²) in [6.45, 7) is 3.80. The van der Waals surface area contributed by atoms with Crippen LogP contribution in [-0.4, -0.2) is 80.5 Å². The van der Waals surface area contributed by atoms with Crippen molar-refractivity contribution in [3.63, 3.8) is 0 Å². The van der Waals surface area contributed by atoms with E-state index in [9.17, 15) is 13.2 Å². The normalized spacial score (nSPS) is 23.8. The lowest BCUT2D eigenvalue weighted by atomic mass is 9.95. The lowest BCUT2D eigenvalue weighted by molar-refractivity contribution is -0.137. The van der Waals surface area contributed by atoms with E-state index in [2.05, 4.69) is 35.3 Å². The smallest absolute Gasteiger partial charge is 0.417 e. The van der Waals surface area contributed by atoms with Gasteiger partial charge in [-0.2, -0.15) is 28.2 Å². The van der Waals surface area contributed by atoms with E-state index >= 15 is 4.39 Å². The van der Waals surface area contributed by atoms with Crippen molar-refractivity contribution in [2.45, 2.75) is 62.3 Å². The zero-order valence-electron chi connectivity index (χ0n) is 22.8. The third kappa shape index (κ3) is 4.11. The predicted octanol–water partition coefficient (Wildman–Crippen LogP) is 4.67. The van der Waals surface area contributed by atoms with Gasteiger partial charge in [-0.15, -0.1) is 0 Å². The Bertz CT molecular complexity index is 1670. The van der Waals surface area contributed by atoms with Crippen LogP contribution < -0.4 is 15.0 Å². The first-order valence-electron chi connectivity index (χ1n) is 14.6. The monoisotopic (exact) mass is 582 g/mol. The minimum Gasteiger partial charge on any atom is -0.461 e. The van der Waals surface area contributed by atoms with Gasteiger partial charge < -0.3 is 15.0 Å². The zero-order valence-corrected chi connectivity index (χ0v) is 22.8. The molecule has 8 rings (SSSR count). The second-order valence-corrected chi connectivity index (χ2v) is 12.1. The summed E-state index contributed by atoms with van der Waals surface area (Å²) in [5.74, 6) is -0.448. The number of halogens is 4. The van der Waals surface area contributed by atoms with Crippen LogP contribution in [0.2, 0.25) is 0 Å². The third-order valence-corrected chi connectivity index (χ3v) is 9.61. The number of fused-ring (bicyclic) bond motifs is 5. The molecule has 4 aliphatic heterocycles. The lowest BCUT2D eigenvalue weighted by Crippen LogP contribution is -2.51. The van der Waals surface area contributed by atoms with Gasteiger partial charge in [-0.1, -0.05) is 0 Å². The number of H-pyrrole nitrogens is 1. The van der Waals surface area contributed by atoms with Crippen LogP contribution in [0, 0.1) is 5.82 Å². The van der Waals surface area contributed by atoms with Crippen molar-refractivity contribution in [1.82, 2.24) is 35.4 Å². The lowest BCUT2D eigenvalue weighted by Gasteiger charge is -2.34. The van der Waals surface area contributed by atoms with Gasteiger partial charge in [0.25, 0.3) is 0 Å². The van der Waals surface area contributed by atoms with Gasteiger partial charge in [-0.25, -0.2) is 4.39 Å². The molecule has 0 saturated carbocycles. The molecule has 4 fully saturated rings. The number of hydrogen-bond donors (Lipinski definition) is 2. The number of hydrogen-bond acceptors (Lipinski definition) is 8. The van der Waals surface area contributed by atoms with Gasteiger partial charge in [-0.3, -0.25) is 15.0 Å². The zero-order chi connectivity index (χ0) is 28.6. The molecule has 1 aromatic carbocycles. The Morgan fingerprint density at radius 2 is 1.76 bits per heavy atom. The molecule has 2 bridgehead atoms. The maximum atomic E-state index is 16.6. The fourth-order valence-electron chi connectivity index (χ4n) is 7.64. The van der Waals surface area contributed by atoms with Crippen LogP contribution in [0.1, 0.15) is 44.1 Å². The van der Waals surface area contributed by atoms with Gasteiger partial charge >= 0.3 is 12.2 Å². The minimum absolute atomic E-state index is 0.0325. The van der Waals surface area contributed by atoms with E-state index in [0.29, 0.717) is 36.4 Å². The molecule has 0 amide bonds. The largest absolute Gasteiger partial charge is 0.461 e. The van der Waals surface area contributed by atoms with E-state index in [1.165, 1.54) is 18.5 Å². The second-order valence-electron chi connectivity index (χ2n) is 12.1. The molecule has 4 aliphatic rings. The number of piperazine rings is 1. The number of rotatable bonds is 5. The number of aromatic amines is 1. The SMILES string of the molecule is Fc1c(-c2c(C(F)(F)F)ccc3[nH]ncc23)ncc2c(N3CC4CCC(C3)N4)nc(OCC34CCCN3CCC4)nc12. The fraction of sp³-hybridized carbons (Fsp3) is 0.517. The summed E-state index contributed by atoms with van der Waals surface area (Å²) in [4.78, 5) is 18.1. The van der Waals surface area contributed by atoms with Gasteiger partial charge in [0.05, 0.1) is 28.2 Å². The van der Waals surface area contributed by atoms with Crippen molar-refractivity contribution in [3.05, 3.63) is 35.9 Å². The number of ether oxygens (including phenoxy) is 1. The first kappa shape index (κ1) is 26.1. The molecule has 220 valence electrons. The second kappa shape index (κ2) is 9.46. The Hall–Kier alpha value is -3.58. The highest BCUT2D eigenvalue weighted by Gasteiger charge is 2.45. The van der Waals surface area contributed by atoms with E-state index in [1.54, 1.807) is 0 Å². The molecule has 2 N–H and O–H groups in total. The van der Waals surface area contributed by atoms with E-state index in [0.717, 1.165) is 57.7 Å². The quantitative estimate of drug-likeness (QED) is 0.328. The molecular weight excluding hydrogens is 552 g/mol. The van der Waals surface area contributed by atoms with Crippen LogP contribution in [0.15, 0.2) is 24.5 Å². The molecule has 9 nitrogen and oxygen atoms in total. The van der Waals surface area contributed by atoms with E-state index < -0.39 is 23.3 Å². The summed E-state index contributed by atoms with van der Waals surface area (Å²) in [5, 5.41) is 10.6. The average molecular weight is 583 g/mol. The number of nitrogens with zero attached hydrogens (tertiary/aromatic N) is 6. The van der Waals surface area contributed by atoms with Crippen LogP contribution in [0.5, 0.6) is 6.01 Å². The maximum absolute atomic E-state index is 16.6. The Balaban J connectivity index is 1.28. The van der Waals surface area contributed by atoms with Crippen molar-refractivity contribution < 1.29 is 22.3 Å². The molecule has 0 radical (unpaired) electrons. The first-order valence-corrected chi connectivity index (χ1v) is 14.6. The summed E-state index contributed by atoms with van der Waals surface area (Å²) >= 11 is 0. The molecule has 13 heteroatoms. The Morgan fingerprint density at radius 1 is 1.00 bits per heavy atom. The molecule has 42 heavy (non-hydrogen) atoms. The van der Waals surface area contributed by atoms with Gasteiger partial charge in [0.2, 0.25) is 0 Å².